The summed E-state index contributed by atoms with van der Waals surface area (Å²) in [6.07, 6.45) is 0. The van der Waals surface area contributed by atoms with E-state index in [1.165, 1.54) is 30.3 Å². The van der Waals surface area contributed by atoms with E-state index in [1.807, 2.05) is 0 Å². The minimum Gasteiger partial charge on any atom is -0.477 e. The number of carbonyl (C=O) groups is 2. The van der Waals surface area contributed by atoms with E-state index in [0.29, 0.717) is 10.6 Å². The number of rotatable bonds is 4. The van der Waals surface area contributed by atoms with Crippen LogP contribution >= 0.6 is 11.6 Å². The van der Waals surface area contributed by atoms with Crippen LogP contribution in [0.25, 0.3) is 0 Å². The van der Waals surface area contributed by atoms with Crippen LogP contribution in [0.5, 0.6) is 0 Å². The van der Waals surface area contributed by atoms with Gasteiger partial charge in [-0.05, 0) is 30.3 Å². The standard InChI is InChI=1S/C14H10ClNO4/c15-10-6-4-9(5-7-10)12(17)8-16-11(14(19)20)2-1-3-13(16)18/h1-7H,8H2,(H,19,20). The predicted octanol–water partition coefficient (Wildman–Crippen LogP) is 2.08. The lowest BCUT2D eigenvalue weighted by Crippen LogP contribution is -2.28. The smallest absolute Gasteiger partial charge is 0.352 e. The molecule has 20 heavy (non-hydrogen) atoms. The first kappa shape index (κ1) is 14.0. The molecule has 102 valence electrons. The molecule has 6 heteroatoms. The number of benzene rings is 1. The predicted molar refractivity (Wildman–Crippen MR) is 73.4 cm³/mol. The number of carboxylic acid groups (broad SMARTS) is 1. The van der Waals surface area contributed by atoms with Gasteiger partial charge >= 0.3 is 5.97 Å². The van der Waals surface area contributed by atoms with Crippen molar-refractivity contribution in [3.63, 3.8) is 0 Å². The van der Waals surface area contributed by atoms with E-state index in [1.54, 1.807) is 12.1 Å². The van der Waals surface area contributed by atoms with Crippen molar-refractivity contribution < 1.29 is 14.7 Å². The molecule has 0 radical (unpaired) electrons. The Bertz CT molecular complexity index is 719. The molecular formula is C14H10ClNO4. The fourth-order valence-electron chi connectivity index (χ4n) is 1.74. The van der Waals surface area contributed by atoms with Crippen molar-refractivity contribution >= 4 is 23.4 Å². The molecule has 0 saturated carbocycles. The van der Waals surface area contributed by atoms with Crippen molar-refractivity contribution in [3.05, 3.63) is 69.1 Å². The van der Waals surface area contributed by atoms with Crippen LogP contribution in [0.4, 0.5) is 0 Å². The molecule has 0 spiro atoms. The molecule has 2 aromatic rings. The average Bonchev–Trinajstić information content (AvgIpc) is 2.41. The Morgan fingerprint density at radius 3 is 2.35 bits per heavy atom. The summed E-state index contributed by atoms with van der Waals surface area (Å²) < 4.78 is 0.930. The van der Waals surface area contributed by atoms with Gasteiger partial charge in [0.25, 0.3) is 5.56 Å². The fraction of sp³-hybridized carbons (Fsp3) is 0.0714. The van der Waals surface area contributed by atoms with Crippen molar-refractivity contribution in [2.24, 2.45) is 0 Å². The molecule has 5 nitrogen and oxygen atoms in total. The number of carbonyl (C=O) groups excluding carboxylic acids is 1. The maximum Gasteiger partial charge on any atom is 0.352 e. The second-order valence-corrected chi connectivity index (χ2v) is 4.51. The Hall–Kier alpha value is -2.40. The van der Waals surface area contributed by atoms with Crippen molar-refractivity contribution in [1.82, 2.24) is 4.57 Å². The van der Waals surface area contributed by atoms with Crippen LogP contribution in [0.2, 0.25) is 5.02 Å². The lowest BCUT2D eigenvalue weighted by Gasteiger charge is -2.08. The Balaban J connectivity index is 2.35. The molecule has 0 unspecified atom stereocenters. The highest BCUT2D eigenvalue weighted by Gasteiger charge is 2.14. The van der Waals surface area contributed by atoms with Crippen LogP contribution < -0.4 is 5.56 Å². The number of nitrogens with zero attached hydrogens (tertiary/aromatic N) is 1. The summed E-state index contributed by atoms with van der Waals surface area (Å²) in [7, 11) is 0. The number of aromatic carboxylic acids is 1. The van der Waals surface area contributed by atoms with E-state index >= 15 is 0 Å². The number of Topliss-reactive ketones (excluding diaryl/α,β-unsaturated/α-hetero) is 1. The molecule has 1 heterocycles. The van der Waals surface area contributed by atoms with Crippen LogP contribution in [-0.4, -0.2) is 21.4 Å². The number of hydrogen-bond acceptors (Lipinski definition) is 3. The number of carboxylic acids is 1. The van der Waals surface area contributed by atoms with Gasteiger partial charge in [-0.25, -0.2) is 4.79 Å². The van der Waals surface area contributed by atoms with Gasteiger partial charge in [0.05, 0.1) is 6.54 Å². The molecule has 1 N–H and O–H groups in total. The number of pyridine rings is 1. The summed E-state index contributed by atoms with van der Waals surface area (Å²) in [5.74, 6) is -1.62. The highest BCUT2D eigenvalue weighted by atomic mass is 35.5. The number of aromatic nitrogens is 1. The molecule has 0 aliphatic carbocycles. The van der Waals surface area contributed by atoms with E-state index in [2.05, 4.69) is 0 Å². The topological polar surface area (TPSA) is 76.4 Å². The van der Waals surface area contributed by atoms with Crippen LogP contribution in [0.1, 0.15) is 20.8 Å². The molecular weight excluding hydrogens is 282 g/mol. The van der Waals surface area contributed by atoms with E-state index in [4.69, 9.17) is 16.7 Å². The Labute approximate surface area is 119 Å². The lowest BCUT2D eigenvalue weighted by molar-refractivity contribution is 0.0683. The van der Waals surface area contributed by atoms with Gasteiger partial charge in [0, 0.05) is 16.7 Å². The minimum absolute atomic E-state index is 0.222. The average molecular weight is 292 g/mol. The Morgan fingerprint density at radius 1 is 1.10 bits per heavy atom. The summed E-state index contributed by atoms with van der Waals surface area (Å²) in [4.78, 5) is 34.8. The molecule has 1 aromatic heterocycles. The first-order valence-corrected chi connectivity index (χ1v) is 6.09. The van der Waals surface area contributed by atoms with E-state index < -0.39 is 11.5 Å². The summed E-state index contributed by atoms with van der Waals surface area (Å²) >= 11 is 5.72. The minimum atomic E-state index is -1.26. The van der Waals surface area contributed by atoms with Gasteiger partial charge in [-0.3, -0.25) is 14.2 Å². The third-order valence-electron chi connectivity index (χ3n) is 2.74. The highest BCUT2D eigenvalue weighted by molar-refractivity contribution is 6.30. The van der Waals surface area contributed by atoms with E-state index in [0.717, 1.165) is 4.57 Å². The molecule has 0 saturated heterocycles. The molecule has 0 aliphatic rings. The monoisotopic (exact) mass is 291 g/mol. The number of halogens is 1. The van der Waals surface area contributed by atoms with Crippen LogP contribution in [0.15, 0.2) is 47.3 Å². The summed E-state index contributed by atoms with van der Waals surface area (Å²) in [5.41, 5.74) is -0.395. The molecule has 0 bridgehead atoms. The van der Waals surface area contributed by atoms with Gasteiger partial charge in [0.2, 0.25) is 0 Å². The number of hydrogen-bond donors (Lipinski definition) is 1. The zero-order valence-electron chi connectivity index (χ0n) is 10.2. The summed E-state index contributed by atoms with van der Waals surface area (Å²) in [5, 5.41) is 9.51. The summed E-state index contributed by atoms with van der Waals surface area (Å²) in [6.45, 7) is -0.330. The highest BCUT2D eigenvalue weighted by Crippen LogP contribution is 2.11. The zero-order valence-corrected chi connectivity index (χ0v) is 11.0. The van der Waals surface area contributed by atoms with Gasteiger partial charge in [0.15, 0.2) is 5.78 Å². The maximum atomic E-state index is 12.1. The first-order valence-electron chi connectivity index (χ1n) is 5.71. The second-order valence-electron chi connectivity index (χ2n) is 4.07. The van der Waals surface area contributed by atoms with Crippen molar-refractivity contribution in [2.45, 2.75) is 6.54 Å². The Kier molecular flexibility index (Phi) is 4.00. The Morgan fingerprint density at radius 2 is 1.75 bits per heavy atom. The van der Waals surface area contributed by atoms with Crippen LogP contribution in [0.3, 0.4) is 0 Å². The molecule has 2 rings (SSSR count). The third kappa shape index (κ3) is 2.95. The van der Waals surface area contributed by atoms with Gasteiger partial charge < -0.3 is 5.11 Å². The van der Waals surface area contributed by atoms with Crippen LogP contribution in [0, 0.1) is 0 Å². The van der Waals surface area contributed by atoms with Gasteiger partial charge in [-0.1, -0.05) is 17.7 Å². The van der Waals surface area contributed by atoms with Gasteiger partial charge in [0.1, 0.15) is 5.69 Å². The normalized spacial score (nSPS) is 10.2. The quantitative estimate of drug-likeness (QED) is 0.875. The molecule has 0 atom stereocenters. The largest absolute Gasteiger partial charge is 0.477 e. The second kappa shape index (κ2) is 5.71. The van der Waals surface area contributed by atoms with E-state index in [9.17, 15) is 14.4 Å². The van der Waals surface area contributed by atoms with Gasteiger partial charge in [-0.2, -0.15) is 0 Å². The first-order chi connectivity index (χ1) is 9.49. The fourth-order valence-corrected chi connectivity index (χ4v) is 1.87. The van der Waals surface area contributed by atoms with Crippen molar-refractivity contribution in [1.29, 1.82) is 0 Å². The SMILES string of the molecule is O=C(Cn1c(C(=O)O)cccc1=O)c1ccc(Cl)cc1. The molecule has 0 fully saturated rings. The number of ketones is 1. The lowest BCUT2D eigenvalue weighted by atomic mass is 10.1. The van der Waals surface area contributed by atoms with Crippen molar-refractivity contribution in [3.8, 4) is 0 Å². The molecule has 0 amide bonds. The summed E-state index contributed by atoms with van der Waals surface area (Å²) in [6, 6.07) is 10.00. The molecule has 1 aromatic carbocycles. The van der Waals surface area contributed by atoms with Gasteiger partial charge in [-0.15, -0.1) is 0 Å². The molecule has 0 aliphatic heterocycles. The van der Waals surface area contributed by atoms with E-state index in [-0.39, 0.29) is 18.0 Å². The third-order valence-corrected chi connectivity index (χ3v) is 2.99. The van der Waals surface area contributed by atoms with Crippen LogP contribution in [-0.2, 0) is 6.54 Å². The maximum absolute atomic E-state index is 12.1. The van der Waals surface area contributed by atoms with Crippen molar-refractivity contribution in [2.75, 3.05) is 0 Å². The zero-order chi connectivity index (χ0) is 14.7.